The SMILES string of the molecule is CNC(=O)c1cc2ncc(NCCN(C)C)nc2n2c1nc1ccccc12. The van der Waals surface area contributed by atoms with Crippen molar-refractivity contribution in [3.8, 4) is 0 Å². The van der Waals surface area contributed by atoms with Gasteiger partial charge in [-0.1, -0.05) is 12.1 Å². The van der Waals surface area contributed by atoms with Gasteiger partial charge in [0.1, 0.15) is 11.3 Å². The molecule has 8 heteroatoms. The fourth-order valence-corrected chi connectivity index (χ4v) is 3.07. The van der Waals surface area contributed by atoms with E-state index in [9.17, 15) is 4.79 Å². The molecule has 0 spiro atoms. The predicted octanol–water partition coefficient (Wildman–Crippen LogP) is 1.76. The molecule has 0 radical (unpaired) electrons. The number of pyridine rings is 1. The lowest BCUT2D eigenvalue weighted by Gasteiger charge is -2.12. The monoisotopic (exact) mass is 363 g/mol. The standard InChI is InChI=1S/C19H21N7O/c1-20-19(27)12-10-14-18(24-16(11-22-14)21-8-9-25(2)3)26-15-7-5-4-6-13(15)23-17(12)26/h4-7,10-11H,8-9H2,1-3H3,(H,20,27)(H,21,24). The van der Waals surface area contributed by atoms with Crippen LogP contribution < -0.4 is 10.6 Å². The Morgan fingerprint density at radius 1 is 1.15 bits per heavy atom. The molecular weight excluding hydrogens is 342 g/mol. The largest absolute Gasteiger partial charge is 0.367 e. The molecule has 0 aliphatic rings. The van der Waals surface area contributed by atoms with E-state index in [4.69, 9.17) is 4.98 Å². The zero-order valence-corrected chi connectivity index (χ0v) is 15.5. The Hall–Kier alpha value is -3.26. The van der Waals surface area contributed by atoms with Crippen molar-refractivity contribution in [1.29, 1.82) is 0 Å². The molecule has 4 rings (SSSR count). The first-order valence-electron chi connectivity index (χ1n) is 8.76. The number of para-hydroxylation sites is 2. The summed E-state index contributed by atoms with van der Waals surface area (Å²) in [5.74, 6) is 0.489. The van der Waals surface area contributed by atoms with Crippen molar-refractivity contribution in [3.63, 3.8) is 0 Å². The number of likely N-dealkylation sites (N-methyl/N-ethyl adjacent to an activating group) is 1. The molecule has 0 saturated heterocycles. The van der Waals surface area contributed by atoms with Crippen LogP contribution in [0.25, 0.3) is 27.8 Å². The zero-order chi connectivity index (χ0) is 19.0. The van der Waals surface area contributed by atoms with E-state index in [1.807, 2.05) is 42.8 Å². The minimum Gasteiger partial charge on any atom is -0.367 e. The summed E-state index contributed by atoms with van der Waals surface area (Å²) >= 11 is 0. The van der Waals surface area contributed by atoms with Crippen LogP contribution in [-0.4, -0.2) is 64.4 Å². The highest BCUT2D eigenvalue weighted by atomic mass is 16.1. The second kappa shape index (κ2) is 6.81. The van der Waals surface area contributed by atoms with E-state index in [1.54, 1.807) is 19.3 Å². The molecule has 0 unspecified atom stereocenters. The minimum atomic E-state index is -0.202. The molecule has 4 aromatic rings. The van der Waals surface area contributed by atoms with Gasteiger partial charge in [0.25, 0.3) is 5.91 Å². The fraction of sp³-hybridized carbons (Fsp3) is 0.263. The molecule has 27 heavy (non-hydrogen) atoms. The van der Waals surface area contributed by atoms with Crippen LogP contribution in [0.2, 0.25) is 0 Å². The summed E-state index contributed by atoms with van der Waals surface area (Å²) in [6, 6.07) is 9.51. The number of carbonyl (C=O) groups excluding carboxylic acids is 1. The molecule has 1 aromatic carbocycles. The Morgan fingerprint density at radius 2 is 1.96 bits per heavy atom. The quantitative estimate of drug-likeness (QED) is 0.562. The van der Waals surface area contributed by atoms with Gasteiger partial charge in [-0.15, -0.1) is 0 Å². The molecular formula is C19H21N7O. The van der Waals surface area contributed by atoms with Gasteiger partial charge in [-0.2, -0.15) is 0 Å². The number of aromatic nitrogens is 4. The Labute approximate surface area is 156 Å². The van der Waals surface area contributed by atoms with Gasteiger partial charge < -0.3 is 15.5 Å². The van der Waals surface area contributed by atoms with Crippen molar-refractivity contribution in [2.24, 2.45) is 0 Å². The smallest absolute Gasteiger partial charge is 0.254 e. The lowest BCUT2D eigenvalue weighted by molar-refractivity contribution is 0.0964. The number of hydrogen-bond acceptors (Lipinski definition) is 6. The number of benzene rings is 1. The third kappa shape index (κ3) is 3.04. The Bertz CT molecular complexity index is 1150. The molecule has 0 saturated carbocycles. The highest BCUT2D eigenvalue weighted by molar-refractivity contribution is 6.04. The van der Waals surface area contributed by atoms with Crippen molar-refractivity contribution in [2.45, 2.75) is 0 Å². The number of hydrogen-bond donors (Lipinski definition) is 2. The molecule has 0 atom stereocenters. The van der Waals surface area contributed by atoms with Crippen LogP contribution in [0.4, 0.5) is 5.82 Å². The van der Waals surface area contributed by atoms with Gasteiger partial charge in [-0.05, 0) is 32.3 Å². The van der Waals surface area contributed by atoms with Crippen molar-refractivity contribution in [2.75, 3.05) is 39.5 Å². The van der Waals surface area contributed by atoms with E-state index in [0.717, 1.165) is 24.1 Å². The van der Waals surface area contributed by atoms with Crippen LogP contribution in [0, 0.1) is 0 Å². The van der Waals surface area contributed by atoms with Crippen LogP contribution in [0.1, 0.15) is 10.4 Å². The van der Waals surface area contributed by atoms with Gasteiger partial charge in [-0.25, -0.2) is 15.0 Å². The molecule has 0 aliphatic carbocycles. The molecule has 0 bridgehead atoms. The van der Waals surface area contributed by atoms with Gasteiger partial charge in [-0.3, -0.25) is 9.20 Å². The highest BCUT2D eigenvalue weighted by Gasteiger charge is 2.18. The van der Waals surface area contributed by atoms with E-state index in [-0.39, 0.29) is 5.91 Å². The molecule has 1 amide bonds. The van der Waals surface area contributed by atoms with Crippen molar-refractivity contribution in [1.82, 2.24) is 29.6 Å². The number of fused-ring (bicyclic) bond motifs is 5. The van der Waals surface area contributed by atoms with E-state index >= 15 is 0 Å². The summed E-state index contributed by atoms with van der Waals surface area (Å²) < 4.78 is 1.90. The van der Waals surface area contributed by atoms with Crippen LogP contribution in [0.3, 0.4) is 0 Å². The Morgan fingerprint density at radius 3 is 2.74 bits per heavy atom. The molecule has 0 aliphatic heterocycles. The van der Waals surface area contributed by atoms with E-state index < -0.39 is 0 Å². The average Bonchev–Trinajstić information content (AvgIpc) is 3.06. The van der Waals surface area contributed by atoms with Gasteiger partial charge in [0.15, 0.2) is 11.3 Å². The third-order valence-electron chi connectivity index (χ3n) is 4.41. The normalized spacial score (nSPS) is 11.6. The highest BCUT2D eigenvalue weighted by Crippen LogP contribution is 2.25. The molecule has 3 heterocycles. The van der Waals surface area contributed by atoms with Gasteiger partial charge in [0.05, 0.1) is 22.8 Å². The fourth-order valence-electron chi connectivity index (χ4n) is 3.07. The summed E-state index contributed by atoms with van der Waals surface area (Å²) in [6.07, 6.45) is 1.69. The van der Waals surface area contributed by atoms with Crippen molar-refractivity contribution < 1.29 is 4.79 Å². The number of amides is 1. The molecule has 138 valence electrons. The van der Waals surface area contributed by atoms with Gasteiger partial charge in [0.2, 0.25) is 0 Å². The van der Waals surface area contributed by atoms with Crippen molar-refractivity contribution in [3.05, 3.63) is 42.1 Å². The van der Waals surface area contributed by atoms with Crippen LogP contribution in [0.15, 0.2) is 36.5 Å². The topological polar surface area (TPSA) is 87.5 Å². The third-order valence-corrected chi connectivity index (χ3v) is 4.41. The molecule has 3 aromatic heterocycles. The summed E-state index contributed by atoms with van der Waals surface area (Å²) in [6.45, 7) is 1.65. The summed E-state index contributed by atoms with van der Waals surface area (Å²) in [4.78, 5) is 28.4. The van der Waals surface area contributed by atoms with E-state index in [2.05, 4.69) is 25.5 Å². The van der Waals surface area contributed by atoms with Gasteiger partial charge >= 0.3 is 0 Å². The maximum absolute atomic E-state index is 12.4. The zero-order valence-electron chi connectivity index (χ0n) is 15.5. The lowest BCUT2D eigenvalue weighted by atomic mass is 10.2. The van der Waals surface area contributed by atoms with Crippen molar-refractivity contribution >= 4 is 39.6 Å². The van der Waals surface area contributed by atoms with Crippen LogP contribution in [0.5, 0.6) is 0 Å². The first-order valence-corrected chi connectivity index (χ1v) is 8.76. The first kappa shape index (κ1) is 17.2. The predicted molar refractivity (Wildman–Crippen MR) is 106 cm³/mol. The number of nitrogens with one attached hydrogen (secondary N) is 2. The van der Waals surface area contributed by atoms with E-state index in [1.165, 1.54) is 0 Å². The Kier molecular flexibility index (Phi) is 4.33. The summed E-state index contributed by atoms with van der Waals surface area (Å²) in [5.41, 5.74) is 4.06. The van der Waals surface area contributed by atoms with Crippen LogP contribution >= 0.6 is 0 Å². The molecule has 0 fully saturated rings. The molecule has 8 nitrogen and oxygen atoms in total. The molecule has 2 N–H and O–H groups in total. The summed E-state index contributed by atoms with van der Waals surface area (Å²) in [7, 11) is 5.65. The number of rotatable bonds is 5. The van der Waals surface area contributed by atoms with E-state index in [0.29, 0.717) is 28.2 Å². The second-order valence-electron chi connectivity index (χ2n) is 6.59. The maximum atomic E-state index is 12.4. The first-order chi connectivity index (χ1) is 13.1. The number of anilines is 1. The minimum absolute atomic E-state index is 0.202. The second-order valence-corrected chi connectivity index (χ2v) is 6.59. The number of nitrogens with zero attached hydrogens (tertiary/aromatic N) is 5. The average molecular weight is 363 g/mol. The number of imidazole rings is 1. The maximum Gasteiger partial charge on any atom is 0.254 e. The van der Waals surface area contributed by atoms with Crippen LogP contribution in [-0.2, 0) is 0 Å². The lowest BCUT2D eigenvalue weighted by Crippen LogP contribution is -2.21. The van der Waals surface area contributed by atoms with Gasteiger partial charge in [0, 0.05) is 20.1 Å². The number of carbonyl (C=O) groups is 1. The summed E-state index contributed by atoms with van der Waals surface area (Å²) in [5, 5.41) is 5.97. The Balaban J connectivity index is 1.95.